The van der Waals surface area contributed by atoms with Crippen molar-refractivity contribution in [1.82, 2.24) is 9.78 Å². The molecule has 16 heavy (non-hydrogen) atoms. The van der Waals surface area contributed by atoms with E-state index in [1.807, 2.05) is 6.92 Å². The van der Waals surface area contributed by atoms with Crippen LogP contribution in [0.1, 0.15) is 24.7 Å². The quantitative estimate of drug-likeness (QED) is 0.813. The molecule has 1 unspecified atom stereocenters. The van der Waals surface area contributed by atoms with Crippen molar-refractivity contribution in [3.05, 3.63) is 17.5 Å². The van der Waals surface area contributed by atoms with E-state index in [-0.39, 0.29) is 5.75 Å². The minimum atomic E-state index is -3.13. The zero-order valence-corrected chi connectivity index (χ0v) is 10.8. The summed E-state index contributed by atoms with van der Waals surface area (Å²) in [7, 11) is -1.37. The normalized spacial score (nSPS) is 14.0. The van der Waals surface area contributed by atoms with Gasteiger partial charge in [-0.1, -0.05) is 0 Å². The molecule has 0 saturated heterocycles. The van der Waals surface area contributed by atoms with Crippen LogP contribution in [0.2, 0.25) is 0 Å². The maximum atomic E-state index is 12.0. The van der Waals surface area contributed by atoms with Crippen molar-refractivity contribution in [3.63, 3.8) is 0 Å². The predicted octanol–water partition coefficient (Wildman–Crippen LogP) is 0.381. The van der Waals surface area contributed by atoms with Crippen LogP contribution in [-0.2, 0) is 22.6 Å². The summed E-state index contributed by atoms with van der Waals surface area (Å²) in [4.78, 5) is 0. The second kappa shape index (κ2) is 4.97. The Labute approximate surface area is 96.6 Å². The van der Waals surface area contributed by atoms with Gasteiger partial charge in [0, 0.05) is 7.05 Å². The molecule has 0 aliphatic heterocycles. The van der Waals surface area contributed by atoms with Gasteiger partial charge in [-0.05, 0) is 32.9 Å². The van der Waals surface area contributed by atoms with Crippen LogP contribution >= 0.6 is 0 Å². The van der Waals surface area contributed by atoms with Gasteiger partial charge >= 0.3 is 0 Å². The van der Waals surface area contributed by atoms with Gasteiger partial charge in [-0.15, -0.1) is 0 Å². The molecule has 0 saturated carbocycles. The van der Waals surface area contributed by atoms with Gasteiger partial charge in [0.1, 0.15) is 0 Å². The molecule has 0 radical (unpaired) electrons. The molecule has 0 aromatic carbocycles. The molecule has 0 bridgehead atoms. The molecular formula is C10H19N3O2S. The summed E-state index contributed by atoms with van der Waals surface area (Å²) in [5.74, 6) is 0.0332. The van der Waals surface area contributed by atoms with Crippen molar-refractivity contribution in [3.8, 4) is 0 Å². The minimum Gasteiger partial charge on any atom is -0.330 e. The van der Waals surface area contributed by atoms with Crippen LogP contribution in [0.5, 0.6) is 0 Å². The van der Waals surface area contributed by atoms with Crippen molar-refractivity contribution < 1.29 is 8.42 Å². The summed E-state index contributed by atoms with van der Waals surface area (Å²) in [5.41, 5.74) is 6.93. The average molecular weight is 245 g/mol. The summed E-state index contributed by atoms with van der Waals surface area (Å²) >= 11 is 0. The largest absolute Gasteiger partial charge is 0.330 e. The monoisotopic (exact) mass is 245 g/mol. The fraction of sp³-hybridized carbons (Fsp3) is 0.700. The molecule has 1 aromatic heterocycles. The number of nitrogens with two attached hydrogens (primary N) is 1. The molecule has 0 aliphatic rings. The highest BCUT2D eigenvalue weighted by Crippen LogP contribution is 2.13. The van der Waals surface area contributed by atoms with E-state index in [2.05, 4.69) is 5.10 Å². The molecule has 0 amide bonds. The second-order valence-corrected chi connectivity index (χ2v) is 6.51. The topological polar surface area (TPSA) is 78.0 Å². The Morgan fingerprint density at radius 2 is 2.19 bits per heavy atom. The molecular weight excluding hydrogens is 226 g/mol. The van der Waals surface area contributed by atoms with E-state index in [0.29, 0.717) is 13.0 Å². The first-order chi connectivity index (χ1) is 7.36. The third kappa shape index (κ3) is 3.05. The lowest BCUT2D eigenvalue weighted by atomic mass is 10.3. The SMILES string of the molecule is Cc1cc(CS(=O)(=O)C(C)CCN)n(C)n1. The third-order valence-electron chi connectivity index (χ3n) is 2.63. The Bertz CT molecular complexity index is 451. The van der Waals surface area contributed by atoms with Gasteiger partial charge in [-0.25, -0.2) is 8.42 Å². The predicted molar refractivity (Wildman–Crippen MR) is 63.7 cm³/mol. The Hall–Kier alpha value is -0.880. The van der Waals surface area contributed by atoms with Gasteiger partial charge in [0.2, 0.25) is 0 Å². The van der Waals surface area contributed by atoms with E-state index in [0.717, 1.165) is 11.4 Å². The number of aromatic nitrogens is 2. The molecule has 92 valence electrons. The summed E-state index contributed by atoms with van der Waals surface area (Å²) in [6, 6.07) is 1.80. The maximum absolute atomic E-state index is 12.0. The first-order valence-electron chi connectivity index (χ1n) is 5.28. The summed E-state index contributed by atoms with van der Waals surface area (Å²) in [5, 5.41) is 3.73. The fourth-order valence-electron chi connectivity index (χ4n) is 1.56. The summed E-state index contributed by atoms with van der Waals surface area (Å²) in [6.07, 6.45) is 0.499. The van der Waals surface area contributed by atoms with Crippen molar-refractivity contribution >= 4 is 9.84 Å². The lowest BCUT2D eigenvalue weighted by Gasteiger charge is -2.11. The van der Waals surface area contributed by atoms with Crippen LogP contribution in [0.4, 0.5) is 0 Å². The summed E-state index contributed by atoms with van der Waals surface area (Å²) < 4.78 is 25.5. The van der Waals surface area contributed by atoms with Gasteiger partial charge in [-0.3, -0.25) is 4.68 Å². The zero-order chi connectivity index (χ0) is 12.3. The van der Waals surface area contributed by atoms with Crippen molar-refractivity contribution in [2.24, 2.45) is 12.8 Å². The first-order valence-corrected chi connectivity index (χ1v) is 6.99. The van der Waals surface area contributed by atoms with E-state index < -0.39 is 15.1 Å². The van der Waals surface area contributed by atoms with Crippen LogP contribution < -0.4 is 5.73 Å². The molecule has 6 heteroatoms. The number of nitrogens with zero attached hydrogens (tertiary/aromatic N) is 2. The molecule has 5 nitrogen and oxygen atoms in total. The average Bonchev–Trinajstić information content (AvgIpc) is 2.44. The van der Waals surface area contributed by atoms with Gasteiger partial charge in [-0.2, -0.15) is 5.10 Å². The smallest absolute Gasteiger partial charge is 0.158 e. The lowest BCUT2D eigenvalue weighted by molar-refractivity contribution is 0.574. The number of rotatable bonds is 5. The molecule has 1 rings (SSSR count). The van der Waals surface area contributed by atoms with E-state index in [1.165, 1.54) is 0 Å². The molecule has 2 N–H and O–H groups in total. The molecule has 0 spiro atoms. The van der Waals surface area contributed by atoms with Crippen molar-refractivity contribution in [2.75, 3.05) is 6.54 Å². The van der Waals surface area contributed by atoms with Crippen LogP contribution in [-0.4, -0.2) is 30.0 Å². The number of aryl methyl sites for hydroxylation is 2. The molecule has 0 aliphatic carbocycles. The van der Waals surface area contributed by atoms with Crippen LogP contribution in [0, 0.1) is 6.92 Å². The second-order valence-electron chi connectivity index (χ2n) is 4.10. The molecule has 1 atom stereocenters. The van der Waals surface area contributed by atoms with Crippen LogP contribution in [0.25, 0.3) is 0 Å². The molecule has 1 aromatic rings. The van der Waals surface area contributed by atoms with Crippen LogP contribution in [0.15, 0.2) is 6.07 Å². The maximum Gasteiger partial charge on any atom is 0.158 e. The van der Waals surface area contributed by atoms with Gasteiger partial charge in [0.25, 0.3) is 0 Å². The molecule has 1 heterocycles. The minimum absolute atomic E-state index is 0.0332. The summed E-state index contributed by atoms with van der Waals surface area (Å²) in [6.45, 7) is 3.94. The van der Waals surface area contributed by atoms with Gasteiger partial charge in [0.15, 0.2) is 9.84 Å². The highest BCUT2D eigenvalue weighted by atomic mass is 32.2. The standard InChI is InChI=1S/C10H19N3O2S/c1-8-6-10(13(3)12-8)7-16(14,15)9(2)4-5-11/h6,9H,4-5,7,11H2,1-3H3. The Kier molecular flexibility index (Phi) is 4.09. The van der Waals surface area contributed by atoms with Gasteiger partial charge < -0.3 is 5.73 Å². The highest BCUT2D eigenvalue weighted by Gasteiger charge is 2.22. The van der Waals surface area contributed by atoms with Crippen molar-refractivity contribution in [1.29, 1.82) is 0 Å². The van der Waals surface area contributed by atoms with E-state index in [4.69, 9.17) is 5.73 Å². The third-order valence-corrected chi connectivity index (χ3v) is 4.79. The Morgan fingerprint density at radius 1 is 1.56 bits per heavy atom. The number of hydrogen-bond acceptors (Lipinski definition) is 4. The van der Waals surface area contributed by atoms with Crippen molar-refractivity contribution in [2.45, 2.75) is 31.3 Å². The number of sulfone groups is 1. The number of hydrogen-bond donors (Lipinski definition) is 1. The molecule has 0 fully saturated rings. The zero-order valence-electron chi connectivity index (χ0n) is 9.97. The van der Waals surface area contributed by atoms with E-state index in [9.17, 15) is 8.42 Å². The highest BCUT2D eigenvalue weighted by molar-refractivity contribution is 7.91. The fourth-order valence-corrected chi connectivity index (χ4v) is 3.02. The first kappa shape index (κ1) is 13.2. The Balaban J connectivity index is 2.84. The lowest BCUT2D eigenvalue weighted by Crippen LogP contribution is -2.23. The van der Waals surface area contributed by atoms with E-state index in [1.54, 1.807) is 24.7 Å². The van der Waals surface area contributed by atoms with E-state index >= 15 is 0 Å². The van der Waals surface area contributed by atoms with Crippen LogP contribution in [0.3, 0.4) is 0 Å². The Morgan fingerprint density at radius 3 is 2.62 bits per heavy atom. The van der Waals surface area contributed by atoms with Gasteiger partial charge in [0.05, 0.1) is 22.4 Å².